The van der Waals surface area contributed by atoms with Gasteiger partial charge in [0.05, 0.1) is 37.5 Å². The van der Waals surface area contributed by atoms with Crippen LogP contribution in [-0.4, -0.2) is 61.9 Å². The standard InChI is InChI=1S/C36H45FN2O7S/c1-35(2)45-23-36(42,24-46-35)21-20-26-6-10-28(11-7-26)33-31(18-19-32(40)27-12-14-29(37)15-13-27)34(41)39(33)30-16-8-25(9-17-30)5-4-22-38-47(3,43)44/h6-17,31-33,38,40,42H,4-5,18-24H2,1-3H3/t31-,32+,33-/m1/s1. The Hall–Kier alpha value is -3.19. The number of aryl methyl sites for hydroxylation is 2. The first-order valence-electron chi connectivity index (χ1n) is 16.1. The predicted molar refractivity (Wildman–Crippen MR) is 178 cm³/mol. The molecule has 0 aliphatic carbocycles. The Morgan fingerprint density at radius 3 is 2.17 bits per heavy atom. The number of hydrogen-bond acceptors (Lipinski definition) is 7. The maximum atomic E-state index is 13.6. The maximum Gasteiger partial charge on any atom is 0.233 e. The van der Waals surface area contributed by atoms with Gasteiger partial charge < -0.3 is 24.6 Å². The first-order valence-corrected chi connectivity index (χ1v) is 18.0. The van der Waals surface area contributed by atoms with Crippen molar-refractivity contribution in [3.8, 4) is 0 Å². The Kier molecular flexibility index (Phi) is 10.8. The molecular formula is C36H45FN2O7S. The molecule has 0 saturated carbocycles. The fraction of sp³-hybridized carbons (Fsp3) is 0.472. The number of aliphatic hydroxyl groups excluding tert-OH is 1. The molecule has 47 heavy (non-hydrogen) atoms. The lowest BCUT2D eigenvalue weighted by atomic mass is 9.78. The highest BCUT2D eigenvalue weighted by Crippen LogP contribution is 2.46. The monoisotopic (exact) mass is 668 g/mol. The highest BCUT2D eigenvalue weighted by atomic mass is 32.2. The Bertz CT molecular complexity index is 1600. The zero-order valence-corrected chi connectivity index (χ0v) is 28.0. The van der Waals surface area contributed by atoms with Crippen molar-refractivity contribution < 1.29 is 37.3 Å². The number of benzene rings is 3. The van der Waals surface area contributed by atoms with Gasteiger partial charge >= 0.3 is 0 Å². The maximum absolute atomic E-state index is 13.6. The van der Waals surface area contributed by atoms with E-state index in [0.29, 0.717) is 50.6 Å². The number of halogens is 1. The van der Waals surface area contributed by atoms with Crippen LogP contribution in [0.4, 0.5) is 10.1 Å². The number of sulfonamides is 1. The molecule has 0 aromatic heterocycles. The molecule has 2 heterocycles. The van der Waals surface area contributed by atoms with Gasteiger partial charge in [0.2, 0.25) is 15.9 Å². The summed E-state index contributed by atoms with van der Waals surface area (Å²) in [6.07, 6.45) is 3.58. The number of aliphatic hydroxyl groups is 2. The normalized spacial score (nSPS) is 21.3. The number of nitrogens with one attached hydrogen (secondary N) is 1. The number of amides is 1. The van der Waals surface area contributed by atoms with Crippen LogP contribution in [0.25, 0.3) is 0 Å². The molecule has 1 amide bonds. The van der Waals surface area contributed by atoms with E-state index in [-0.39, 0.29) is 36.9 Å². The van der Waals surface area contributed by atoms with Crippen molar-refractivity contribution in [2.24, 2.45) is 5.92 Å². The van der Waals surface area contributed by atoms with E-state index < -0.39 is 27.5 Å². The van der Waals surface area contributed by atoms with Gasteiger partial charge in [-0.25, -0.2) is 17.5 Å². The second-order valence-corrected chi connectivity index (χ2v) is 15.1. The molecule has 0 bridgehead atoms. The third-order valence-electron chi connectivity index (χ3n) is 9.02. The number of rotatable bonds is 14. The Morgan fingerprint density at radius 2 is 1.55 bits per heavy atom. The fourth-order valence-corrected chi connectivity index (χ4v) is 6.68. The van der Waals surface area contributed by atoms with Crippen molar-refractivity contribution in [1.29, 1.82) is 0 Å². The van der Waals surface area contributed by atoms with Crippen LogP contribution in [0.5, 0.6) is 0 Å². The molecule has 3 aromatic carbocycles. The minimum atomic E-state index is -3.23. The van der Waals surface area contributed by atoms with E-state index in [1.165, 1.54) is 12.1 Å². The number of ether oxygens (including phenoxy) is 2. The van der Waals surface area contributed by atoms with E-state index in [0.717, 1.165) is 28.6 Å². The van der Waals surface area contributed by atoms with Crippen molar-refractivity contribution in [1.82, 2.24) is 4.72 Å². The van der Waals surface area contributed by atoms with E-state index >= 15 is 0 Å². The fourth-order valence-electron chi connectivity index (χ4n) is 6.16. The average molecular weight is 669 g/mol. The number of carbonyl (C=O) groups is 1. The van der Waals surface area contributed by atoms with Crippen molar-refractivity contribution in [3.05, 3.63) is 101 Å². The number of anilines is 1. The molecule has 2 fully saturated rings. The number of carbonyl (C=O) groups excluding carboxylic acids is 1. The summed E-state index contributed by atoms with van der Waals surface area (Å²) in [6, 6.07) is 21.3. The van der Waals surface area contributed by atoms with Crippen LogP contribution in [-0.2, 0) is 37.1 Å². The van der Waals surface area contributed by atoms with Gasteiger partial charge in [0.1, 0.15) is 11.4 Å². The third-order valence-corrected chi connectivity index (χ3v) is 9.75. The summed E-state index contributed by atoms with van der Waals surface area (Å²) in [7, 11) is -3.23. The predicted octanol–water partition coefficient (Wildman–Crippen LogP) is 4.97. The van der Waals surface area contributed by atoms with Gasteiger partial charge in [0.15, 0.2) is 5.79 Å². The minimum Gasteiger partial charge on any atom is -0.388 e. The molecule has 254 valence electrons. The van der Waals surface area contributed by atoms with Crippen LogP contribution < -0.4 is 9.62 Å². The molecule has 2 aliphatic rings. The lowest BCUT2D eigenvalue weighted by Gasteiger charge is -2.48. The van der Waals surface area contributed by atoms with Crippen LogP contribution in [0, 0.1) is 11.7 Å². The minimum absolute atomic E-state index is 0.0297. The molecule has 3 N–H and O–H groups in total. The summed E-state index contributed by atoms with van der Waals surface area (Å²) in [5.41, 5.74) is 3.36. The number of hydrogen-bond donors (Lipinski definition) is 3. The number of nitrogens with zero attached hydrogens (tertiary/aromatic N) is 1. The largest absolute Gasteiger partial charge is 0.388 e. The summed E-state index contributed by atoms with van der Waals surface area (Å²) < 4.78 is 49.9. The first kappa shape index (κ1) is 35.1. The van der Waals surface area contributed by atoms with Gasteiger partial charge in [-0.3, -0.25) is 4.79 Å². The van der Waals surface area contributed by atoms with E-state index in [4.69, 9.17) is 9.47 Å². The van der Waals surface area contributed by atoms with Crippen molar-refractivity contribution in [3.63, 3.8) is 0 Å². The van der Waals surface area contributed by atoms with E-state index in [9.17, 15) is 27.8 Å². The van der Waals surface area contributed by atoms with Gasteiger partial charge in [0.25, 0.3) is 0 Å². The molecule has 11 heteroatoms. The molecule has 2 saturated heterocycles. The second-order valence-electron chi connectivity index (χ2n) is 13.3. The van der Waals surface area contributed by atoms with E-state index in [1.54, 1.807) is 17.0 Å². The molecule has 0 radical (unpaired) electrons. The summed E-state index contributed by atoms with van der Waals surface area (Å²) in [5, 5.41) is 21.7. The lowest BCUT2D eigenvalue weighted by Crippen LogP contribution is -2.55. The Morgan fingerprint density at radius 1 is 0.957 bits per heavy atom. The number of β-lactam (4-membered cyclic amide) rings is 1. The molecule has 2 aliphatic heterocycles. The van der Waals surface area contributed by atoms with Crippen LogP contribution in [0.3, 0.4) is 0 Å². The van der Waals surface area contributed by atoms with Crippen LogP contribution in [0.1, 0.15) is 73.9 Å². The van der Waals surface area contributed by atoms with Crippen LogP contribution in [0.2, 0.25) is 0 Å². The van der Waals surface area contributed by atoms with Crippen LogP contribution in [0.15, 0.2) is 72.8 Å². The first-order chi connectivity index (χ1) is 22.2. The topological polar surface area (TPSA) is 125 Å². The van der Waals surface area contributed by atoms with Crippen LogP contribution >= 0.6 is 0 Å². The SMILES string of the molecule is CC1(C)OCC(O)(CCc2ccc([C@@H]3[C@@H](CC[C@H](O)c4ccc(F)cc4)C(=O)N3c3ccc(CCCNS(C)(=O)=O)cc3)cc2)CO1. The molecule has 3 atom stereocenters. The van der Waals surface area contributed by atoms with E-state index in [2.05, 4.69) is 4.72 Å². The van der Waals surface area contributed by atoms with Gasteiger partial charge in [-0.1, -0.05) is 48.5 Å². The lowest BCUT2D eigenvalue weighted by molar-refractivity contribution is -0.302. The average Bonchev–Trinajstić information content (AvgIpc) is 3.03. The third kappa shape index (κ3) is 9.25. The van der Waals surface area contributed by atoms with Gasteiger partial charge in [-0.2, -0.15) is 0 Å². The Labute approximate surface area is 276 Å². The highest BCUT2D eigenvalue weighted by molar-refractivity contribution is 7.88. The summed E-state index contributed by atoms with van der Waals surface area (Å²) in [4.78, 5) is 15.4. The zero-order valence-electron chi connectivity index (χ0n) is 27.2. The van der Waals surface area contributed by atoms with Crippen molar-refractivity contribution in [2.75, 3.05) is 30.9 Å². The smallest absolute Gasteiger partial charge is 0.233 e. The van der Waals surface area contributed by atoms with Gasteiger partial charge in [-0.05, 0) is 98.9 Å². The quantitative estimate of drug-likeness (QED) is 0.164. The zero-order chi connectivity index (χ0) is 33.8. The molecule has 0 spiro atoms. The molecule has 9 nitrogen and oxygen atoms in total. The summed E-state index contributed by atoms with van der Waals surface area (Å²) in [5.74, 6) is -1.45. The molecular weight excluding hydrogens is 623 g/mol. The molecule has 3 aromatic rings. The van der Waals surface area contributed by atoms with Gasteiger partial charge in [0, 0.05) is 12.2 Å². The Balaban J connectivity index is 1.28. The van der Waals surface area contributed by atoms with Crippen molar-refractivity contribution in [2.45, 2.75) is 75.9 Å². The second kappa shape index (κ2) is 14.5. The summed E-state index contributed by atoms with van der Waals surface area (Å²) >= 11 is 0. The summed E-state index contributed by atoms with van der Waals surface area (Å²) in [6.45, 7) is 4.42. The molecule has 0 unspecified atom stereocenters. The van der Waals surface area contributed by atoms with E-state index in [1.807, 2.05) is 62.4 Å². The van der Waals surface area contributed by atoms with Gasteiger partial charge in [-0.15, -0.1) is 0 Å². The van der Waals surface area contributed by atoms with Crippen molar-refractivity contribution >= 4 is 21.6 Å². The highest BCUT2D eigenvalue weighted by Gasteiger charge is 2.48. The molecule has 5 rings (SSSR count).